The van der Waals surface area contributed by atoms with E-state index in [-0.39, 0.29) is 60.7 Å². The molecule has 2 aromatic rings. The first-order valence-electron chi connectivity index (χ1n) is 9.28. The fourth-order valence-corrected chi connectivity index (χ4v) is 3.03. The molecule has 0 bridgehead atoms. The van der Waals surface area contributed by atoms with Gasteiger partial charge in [-0.1, -0.05) is 18.2 Å². The minimum Gasteiger partial charge on any atom is -0.460 e. The van der Waals surface area contributed by atoms with Gasteiger partial charge in [0.1, 0.15) is 24.7 Å². The molecule has 1 fully saturated rings. The summed E-state index contributed by atoms with van der Waals surface area (Å²) in [6.45, 7) is 0.742. The van der Waals surface area contributed by atoms with Gasteiger partial charge in [-0.05, 0) is 6.07 Å². The van der Waals surface area contributed by atoms with Crippen molar-refractivity contribution in [2.45, 2.75) is 19.1 Å². The Morgan fingerprint density at radius 2 is 2.13 bits per heavy atom. The van der Waals surface area contributed by atoms with Crippen molar-refractivity contribution in [1.29, 1.82) is 5.41 Å². The van der Waals surface area contributed by atoms with Crippen LogP contribution in [0, 0.1) is 17.0 Å². The van der Waals surface area contributed by atoms with Gasteiger partial charge in [-0.25, -0.2) is 13.8 Å². The molecule has 1 aromatic heterocycles. The van der Waals surface area contributed by atoms with E-state index in [2.05, 4.69) is 4.98 Å². The normalized spacial score (nSPS) is 13.8. The number of aliphatic hydroxyl groups excluding tert-OH is 1. The maximum absolute atomic E-state index is 14.9. The molecule has 160 valence electrons. The molecule has 10 heteroatoms. The number of halogens is 2. The van der Waals surface area contributed by atoms with Crippen molar-refractivity contribution >= 4 is 17.6 Å². The first kappa shape index (κ1) is 21.6. The summed E-state index contributed by atoms with van der Waals surface area (Å²) in [6, 6.07) is 5.70. The van der Waals surface area contributed by atoms with E-state index in [0.717, 1.165) is 0 Å². The average Bonchev–Trinajstić information content (AvgIpc) is 2.66. The van der Waals surface area contributed by atoms with Crippen LogP contribution in [-0.4, -0.2) is 54.3 Å². The number of rotatable bonds is 9. The van der Waals surface area contributed by atoms with Crippen LogP contribution in [0.2, 0.25) is 0 Å². The van der Waals surface area contributed by atoms with Crippen LogP contribution in [0.5, 0.6) is 0 Å². The number of carbonyl (C=O) groups is 1. The van der Waals surface area contributed by atoms with Crippen molar-refractivity contribution < 1.29 is 28.2 Å². The zero-order valence-electron chi connectivity index (χ0n) is 16.1. The molecule has 2 heterocycles. The van der Waals surface area contributed by atoms with Gasteiger partial charge in [0.25, 0.3) is 0 Å². The van der Waals surface area contributed by atoms with E-state index >= 15 is 0 Å². The Bertz CT molecular complexity index is 935. The summed E-state index contributed by atoms with van der Waals surface area (Å²) in [6.07, 6.45) is 0.919. The lowest BCUT2D eigenvalue weighted by molar-refractivity contribution is -0.143. The number of amidine groups is 1. The Kier molecular flexibility index (Phi) is 6.91. The fourth-order valence-electron chi connectivity index (χ4n) is 3.03. The molecule has 8 nitrogen and oxygen atoms in total. The van der Waals surface area contributed by atoms with E-state index in [1.807, 2.05) is 0 Å². The van der Waals surface area contributed by atoms with Gasteiger partial charge in [0.2, 0.25) is 0 Å². The van der Waals surface area contributed by atoms with Crippen molar-refractivity contribution in [3.05, 3.63) is 47.7 Å². The van der Waals surface area contributed by atoms with Gasteiger partial charge in [0, 0.05) is 36.0 Å². The first-order chi connectivity index (χ1) is 14.4. The number of carbonyl (C=O) groups excluding carboxylic acids is 1. The third-order valence-corrected chi connectivity index (χ3v) is 4.53. The van der Waals surface area contributed by atoms with Gasteiger partial charge in [-0.15, -0.1) is 0 Å². The monoisotopic (exact) mass is 420 g/mol. The van der Waals surface area contributed by atoms with Crippen LogP contribution in [0.1, 0.15) is 12.0 Å². The number of nitrogens with one attached hydrogen (secondary N) is 1. The molecule has 30 heavy (non-hydrogen) atoms. The second kappa shape index (κ2) is 9.59. The second-order valence-corrected chi connectivity index (χ2v) is 6.79. The van der Waals surface area contributed by atoms with Gasteiger partial charge in [0.05, 0.1) is 19.3 Å². The molecule has 1 aliphatic heterocycles. The molecule has 1 saturated heterocycles. The summed E-state index contributed by atoms with van der Waals surface area (Å²) in [4.78, 5) is 17.3. The SMILES string of the molecule is N=C(N)CC(=O)OCc1cccc(-c2cnc(N3CC(OCCO)C3)c(F)c2)c1F. The number of aliphatic hydroxyl groups is 1. The molecule has 0 aliphatic carbocycles. The molecular formula is C20H22F2N4O4. The van der Waals surface area contributed by atoms with Gasteiger partial charge in [-0.3, -0.25) is 10.2 Å². The van der Waals surface area contributed by atoms with E-state index in [1.54, 1.807) is 11.0 Å². The van der Waals surface area contributed by atoms with Crippen LogP contribution >= 0.6 is 0 Å². The molecule has 3 rings (SSSR count). The number of anilines is 1. The zero-order valence-corrected chi connectivity index (χ0v) is 16.1. The van der Waals surface area contributed by atoms with Crippen molar-refractivity contribution in [3.8, 4) is 11.1 Å². The Morgan fingerprint density at radius 1 is 1.37 bits per heavy atom. The number of aromatic nitrogens is 1. The van der Waals surface area contributed by atoms with Gasteiger partial charge >= 0.3 is 5.97 Å². The summed E-state index contributed by atoms with van der Waals surface area (Å²) in [5, 5.41) is 15.8. The van der Waals surface area contributed by atoms with Gasteiger partial charge < -0.3 is 25.2 Å². The average molecular weight is 420 g/mol. The summed E-state index contributed by atoms with van der Waals surface area (Å²) < 4.78 is 39.7. The lowest BCUT2D eigenvalue weighted by atomic mass is 10.0. The molecule has 0 saturated carbocycles. The molecule has 0 radical (unpaired) electrons. The van der Waals surface area contributed by atoms with E-state index in [0.29, 0.717) is 13.1 Å². The number of hydrogen-bond acceptors (Lipinski definition) is 7. The molecule has 1 aliphatic rings. The summed E-state index contributed by atoms with van der Waals surface area (Å²) >= 11 is 0. The van der Waals surface area contributed by atoms with Crippen LogP contribution < -0.4 is 10.6 Å². The molecule has 1 aromatic carbocycles. The number of nitrogens with two attached hydrogens (primary N) is 1. The van der Waals surface area contributed by atoms with E-state index in [4.69, 9.17) is 25.7 Å². The molecular weight excluding hydrogens is 398 g/mol. The summed E-state index contributed by atoms with van der Waals surface area (Å²) in [7, 11) is 0. The maximum Gasteiger partial charge on any atom is 0.313 e. The Hall–Kier alpha value is -3.11. The highest BCUT2D eigenvalue weighted by molar-refractivity contribution is 5.94. The standard InChI is InChI=1S/C20H22F2N4O4/c21-16-6-13(8-25-20(16)26-9-14(10-26)29-5-4-27)15-3-1-2-12(19(15)22)11-30-18(28)7-17(23)24/h1-3,6,8,14,27H,4-5,7,9-11H2,(H3,23,24). The topological polar surface area (TPSA) is 122 Å². The third kappa shape index (κ3) is 5.08. The van der Waals surface area contributed by atoms with Crippen molar-refractivity contribution in [2.24, 2.45) is 5.73 Å². The van der Waals surface area contributed by atoms with Crippen LogP contribution in [0.3, 0.4) is 0 Å². The van der Waals surface area contributed by atoms with Crippen molar-refractivity contribution in [3.63, 3.8) is 0 Å². The summed E-state index contributed by atoms with van der Waals surface area (Å²) in [5.74, 6) is -2.17. The van der Waals surface area contributed by atoms with Crippen LogP contribution in [-0.2, 0) is 20.9 Å². The number of nitrogens with zero attached hydrogens (tertiary/aromatic N) is 2. The number of pyridine rings is 1. The van der Waals surface area contributed by atoms with E-state index in [1.165, 1.54) is 24.4 Å². The Labute approximate surface area is 171 Å². The van der Waals surface area contributed by atoms with Crippen LogP contribution in [0.4, 0.5) is 14.6 Å². The lowest BCUT2D eigenvalue weighted by Crippen LogP contribution is -2.53. The predicted octanol–water partition coefficient (Wildman–Crippen LogP) is 1.59. The highest BCUT2D eigenvalue weighted by Crippen LogP contribution is 2.30. The zero-order chi connectivity index (χ0) is 21.7. The highest BCUT2D eigenvalue weighted by Gasteiger charge is 2.30. The molecule has 0 unspecified atom stereocenters. The van der Waals surface area contributed by atoms with Crippen molar-refractivity contribution in [2.75, 3.05) is 31.2 Å². The number of esters is 1. The first-order valence-corrected chi connectivity index (χ1v) is 9.28. The fraction of sp³-hybridized carbons (Fsp3) is 0.350. The Morgan fingerprint density at radius 3 is 2.80 bits per heavy atom. The largest absolute Gasteiger partial charge is 0.460 e. The minimum absolute atomic E-state index is 0.0711. The molecule has 0 atom stereocenters. The van der Waals surface area contributed by atoms with Crippen LogP contribution in [0.15, 0.2) is 30.5 Å². The number of benzene rings is 1. The van der Waals surface area contributed by atoms with Crippen molar-refractivity contribution in [1.82, 2.24) is 4.98 Å². The highest BCUT2D eigenvalue weighted by atomic mass is 19.1. The van der Waals surface area contributed by atoms with Gasteiger partial charge in [0.15, 0.2) is 11.6 Å². The predicted molar refractivity (Wildman–Crippen MR) is 105 cm³/mol. The smallest absolute Gasteiger partial charge is 0.313 e. The maximum atomic E-state index is 14.9. The van der Waals surface area contributed by atoms with Gasteiger partial charge in [-0.2, -0.15) is 0 Å². The second-order valence-electron chi connectivity index (χ2n) is 6.79. The third-order valence-electron chi connectivity index (χ3n) is 4.53. The number of ether oxygens (including phenoxy) is 2. The number of hydrogen-bond donors (Lipinski definition) is 3. The molecule has 0 spiro atoms. The van der Waals surface area contributed by atoms with E-state index < -0.39 is 17.6 Å². The van der Waals surface area contributed by atoms with Crippen LogP contribution in [0.25, 0.3) is 11.1 Å². The molecule has 0 amide bonds. The summed E-state index contributed by atoms with van der Waals surface area (Å²) in [5.41, 5.74) is 5.62. The quantitative estimate of drug-likeness (QED) is 0.320. The molecule has 4 N–H and O–H groups in total. The lowest BCUT2D eigenvalue weighted by Gasteiger charge is -2.39. The minimum atomic E-state index is -0.736. The van der Waals surface area contributed by atoms with E-state index in [9.17, 15) is 13.6 Å². The Balaban J connectivity index is 1.70.